The minimum atomic E-state index is -0.0721. The second kappa shape index (κ2) is 8.55. The molecule has 7 heteroatoms. The maximum absolute atomic E-state index is 13.3. The van der Waals surface area contributed by atoms with Crippen LogP contribution in [0.3, 0.4) is 0 Å². The van der Waals surface area contributed by atoms with E-state index in [4.69, 9.17) is 4.98 Å². The SMILES string of the molecule is Cc1ccc(-n2c(SCC(=O)N3C[C@H](C)C[C@H](C)C3)nc3ccsc3c2=O)c(C)c1. The summed E-state index contributed by atoms with van der Waals surface area (Å²) in [5.74, 6) is 1.45. The molecule has 158 valence electrons. The molecule has 3 aromatic rings. The summed E-state index contributed by atoms with van der Waals surface area (Å²) in [6.07, 6.45) is 1.17. The van der Waals surface area contributed by atoms with E-state index in [2.05, 4.69) is 19.9 Å². The third-order valence-electron chi connectivity index (χ3n) is 5.59. The number of hydrogen-bond acceptors (Lipinski definition) is 5. The van der Waals surface area contributed by atoms with E-state index >= 15 is 0 Å². The van der Waals surface area contributed by atoms with E-state index in [0.29, 0.717) is 27.2 Å². The third kappa shape index (κ3) is 4.18. The number of benzene rings is 1. The molecule has 1 aliphatic heterocycles. The molecule has 4 rings (SSSR count). The summed E-state index contributed by atoms with van der Waals surface area (Å²) in [6.45, 7) is 10.1. The van der Waals surface area contributed by atoms with Gasteiger partial charge in [0, 0.05) is 13.1 Å². The van der Waals surface area contributed by atoms with Crippen molar-refractivity contribution >= 4 is 39.2 Å². The zero-order valence-electron chi connectivity index (χ0n) is 17.8. The fraction of sp³-hybridized carbons (Fsp3) is 0.435. The van der Waals surface area contributed by atoms with Crippen LogP contribution in [0, 0.1) is 25.7 Å². The Morgan fingerprint density at radius 3 is 2.63 bits per heavy atom. The van der Waals surface area contributed by atoms with Crippen molar-refractivity contribution in [1.29, 1.82) is 0 Å². The molecule has 5 nitrogen and oxygen atoms in total. The number of aromatic nitrogens is 2. The summed E-state index contributed by atoms with van der Waals surface area (Å²) in [7, 11) is 0. The lowest BCUT2D eigenvalue weighted by atomic mass is 9.92. The van der Waals surface area contributed by atoms with Gasteiger partial charge in [0.1, 0.15) is 4.70 Å². The van der Waals surface area contributed by atoms with Gasteiger partial charge >= 0.3 is 0 Å². The first kappa shape index (κ1) is 21.1. The van der Waals surface area contributed by atoms with Crippen molar-refractivity contribution < 1.29 is 4.79 Å². The molecule has 2 aromatic heterocycles. The minimum Gasteiger partial charge on any atom is -0.341 e. The molecule has 1 amide bonds. The van der Waals surface area contributed by atoms with Crippen LogP contribution in [0.4, 0.5) is 0 Å². The van der Waals surface area contributed by atoms with Crippen molar-refractivity contribution in [1.82, 2.24) is 14.5 Å². The van der Waals surface area contributed by atoms with E-state index in [-0.39, 0.29) is 17.2 Å². The first-order chi connectivity index (χ1) is 14.3. The number of aryl methyl sites for hydroxylation is 2. The third-order valence-corrected chi connectivity index (χ3v) is 7.40. The Morgan fingerprint density at radius 1 is 1.20 bits per heavy atom. The van der Waals surface area contributed by atoms with E-state index in [0.717, 1.165) is 29.9 Å². The van der Waals surface area contributed by atoms with Crippen LogP contribution in [-0.4, -0.2) is 39.2 Å². The fourth-order valence-electron chi connectivity index (χ4n) is 4.34. The Hall–Kier alpha value is -2.12. The van der Waals surface area contributed by atoms with Crippen LogP contribution in [0.2, 0.25) is 0 Å². The molecule has 0 aliphatic carbocycles. The molecular formula is C23H27N3O2S2. The zero-order chi connectivity index (χ0) is 21.4. The Labute approximate surface area is 185 Å². The number of likely N-dealkylation sites (tertiary alicyclic amines) is 1. The number of thiophene rings is 1. The number of carbonyl (C=O) groups is 1. The number of fused-ring (bicyclic) bond motifs is 1. The van der Waals surface area contributed by atoms with Crippen molar-refractivity contribution in [2.24, 2.45) is 11.8 Å². The van der Waals surface area contributed by atoms with Crippen LogP contribution in [-0.2, 0) is 4.79 Å². The van der Waals surface area contributed by atoms with E-state index < -0.39 is 0 Å². The topological polar surface area (TPSA) is 55.2 Å². The van der Waals surface area contributed by atoms with E-state index in [9.17, 15) is 9.59 Å². The molecule has 0 N–H and O–H groups in total. The number of amides is 1. The quantitative estimate of drug-likeness (QED) is 0.436. The normalized spacial score (nSPS) is 19.4. The first-order valence-corrected chi connectivity index (χ1v) is 12.2. The predicted molar refractivity (Wildman–Crippen MR) is 125 cm³/mol. The molecule has 3 heterocycles. The van der Waals surface area contributed by atoms with Crippen molar-refractivity contribution in [3.63, 3.8) is 0 Å². The van der Waals surface area contributed by atoms with Gasteiger partial charge < -0.3 is 4.90 Å². The van der Waals surface area contributed by atoms with Crippen LogP contribution in [0.25, 0.3) is 15.9 Å². The van der Waals surface area contributed by atoms with E-state index in [1.165, 1.54) is 29.5 Å². The van der Waals surface area contributed by atoms with E-state index in [1.54, 1.807) is 4.57 Å². The smallest absolute Gasteiger partial charge is 0.276 e. The van der Waals surface area contributed by atoms with Crippen molar-refractivity contribution in [3.05, 3.63) is 51.1 Å². The molecule has 30 heavy (non-hydrogen) atoms. The van der Waals surface area contributed by atoms with Crippen LogP contribution in [0.5, 0.6) is 0 Å². The van der Waals surface area contributed by atoms with Gasteiger partial charge in [0.2, 0.25) is 5.91 Å². The monoisotopic (exact) mass is 441 g/mol. The zero-order valence-corrected chi connectivity index (χ0v) is 19.5. The molecule has 1 fully saturated rings. The van der Waals surface area contributed by atoms with Crippen LogP contribution < -0.4 is 5.56 Å². The van der Waals surface area contributed by atoms with Crippen LogP contribution in [0.1, 0.15) is 31.4 Å². The predicted octanol–water partition coefficient (Wildman–Crippen LogP) is 4.66. The Balaban J connectivity index is 1.68. The van der Waals surface area contributed by atoms with E-state index in [1.807, 2.05) is 42.3 Å². The lowest BCUT2D eigenvalue weighted by Gasteiger charge is -2.35. The first-order valence-electron chi connectivity index (χ1n) is 10.3. The summed E-state index contributed by atoms with van der Waals surface area (Å²) < 4.78 is 2.32. The Kier molecular flexibility index (Phi) is 6.02. The highest BCUT2D eigenvalue weighted by Crippen LogP contribution is 2.27. The van der Waals surface area contributed by atoms with Crippen molar-refractivity contribution in [3.8, 4) is 5.69 Å². The molecule has 1 aromatic carbocycles. The minimum absolute atomic E-state index is 0.0721. The highest BCUT2D eigenvalue weighted by Gasteiger charge is 2.26. The lowest BCUT2D eigenvalue weighted by molar-refractivity contribution is -0.130. The van der Waals surface area contributed by atoms with Crippen molar-refractivity contribution in [2.45, 2.75) is 39.3 Å². The van der Waals surface area contributed by atoms with Gasteiger partial charge in [-0.3, -0.25) is 14.2 Å². The average Bonchev–Trinajstić information content (AvgIpc) is 3.15. The van der Waals surface area contributed by atoms with Gasteiger partial charge in [-0.25, -0.2) is 4.98 Å². The Bertz CT molecular complexity index is 1140. The van der Waals surface area contributed by atoms with Gasteiger partial charge in [-0.15, -0.1) is 11.3 Å². The summed E-state index contributed by atoms with van der Waals surface area (Å²) >= 11 is 2.76. The Morgan fingerprint density at radius 2 is 1.93 bits per heavy atom. The summed E-state index contributed by atoms with van der Waals surface area (Å²) in [5.41, 5.74) is 3.61. The lowest BCUT2D eigenvalue weighted by Crippen LogP contribution is -2.43. The van der Waals surface area contributed by atoms with Crippen LogP contribution in [0.15, 0.2) is 39.6 Å². The van der Waals surface area contributed by atoms with Gasteiger partial charge in [-0.2, -0.15) is 0 Å². The van der Waals surface area contributed by atoms with Gasteiger partial charge in [0.05, 0.1) is 17.0 Å². The molecule has 1 saturated heterocycles. The van der Waals surface area contributed by atoms with Gasteiger partial charge in [0.15, 0.2) is 5.16 Å². The summed E-state index contributed by atoms with van der Waals surface area (Å²) in [6, 6.07) is 7.90. The maximum Gasteiger partial charge on any atom is 0.276 e. The second-order valence-electron chi connectivity index (χ2n) is 8.49. The molecule has 2 atom stereocenters. The summed E-state index contributed by atoms with van der Waals surface area (Å²) in [5, 5.41) is 2.46. The standard InChI is InChI=1S/C23H27N3O2S2/c1-14-5-6-19(17(4)10-14)26-22(28)21-18(7-8-29-21)24-23(26)30-13-20(27)25-11-15(2)9-16(3)12-25/h5-8,10,15-16H,9,11-13H2,1-4H3/t15-,16+. The second-order valence-corrected chi connectivity index (χ2v) is 10.4. The van der Waals surface area contributed by atoms with Crippen molar-refractivity contribution in [2.75, 3.05) is 18.8 Å². The maximum atomic E-state index is 13.3. The molecule has 0 unspecified atom stereocenters. The number of hydrogen-bond donors (Lipinski definition) is 0. The largest absolute Gasteiger partial charge is 0.341 e. The fourth-order valence-corrected chi connectivity index (χ4v) is 6.01. The number of nitrogens with zero attached hydrogens (tertiary/aromatic N) is 3. The number of rotatable bonds is 4. The number of carbonyl (C=O) groups excluding carboxylic acids is 1. The van der Waals surface area contributed by atoms with Gasteiger partial charge in [-0.05, 0) is 55.2 Å². The number of piperidine rings is 1. The average molecular weight is 442 g/mol. The number of thioether (sulfide) groups is 1. The molecule has 0 bridgehead atoms. The van der Waals surface area contributed by atoms with Crippen LogP contribution >= 0.6 is 23.1 Å². The molecule has 0 radical (unpaired) electrons. The highest BCUT2D eigenvalue weighted by atomic mass is 32.2. The summed E-state index contributed by atoms with van der Waals surface area (Å²) in [4.78, 5) is 32.9. The molecule has 0 spiro atoms. The molecule has 1 aliphatic rings. The molecular weight excluding hydrogens is 414 g/mol. The van der Waals surface area contributed by atoms with Gasteiger partial charge in [0.25, 0.3) is 5.56 Å². The van der Waals surface area contributed by atoms with Gasteiger partial charge in [-0.1, -0.05) is 43.3 Å². The highest BCUT2D eigenvalue weighted by molar-refractivity contribution is 7.99. The molecule has 0 saturated carbocycles.